The van der Waals surface area contributed by atoms with Gasteiger partial charge < -0.3 is 9.88 Å². The summed E-state index contributed by atoms with van der Waals surface area (Å²) in [6.07, 6.45) is 1.77. The van der Waals surface area contributed by atoms with E-state index in [0.29, 0.717) is 34.8 Å². The van der Waals surface area contributed by atoms with E-state index in [-0.39, 0.29) is 11.7 Å². The second kappa shape index (κ2) is 9.10. The molecule has 10 heteroatoms. The molecule has 152 valence electrons. The fourth-order valence-electron chi connectivity index (χ4n) is 2.92. The maximum Gasteiger partial charge on any atom is 0.234 e. The molecule has 1 N–H and O–H groups in total. The first kappa shape index (κ1) is 20.1. The van der Waals surface area contributed by atoms with Crippen molar-refractivity contribution < 1.29 is 4.79 Å². The van der Waals surface area contributed by atoms with Crippen molar-refractivity contribution >= 4 is 46.0 Å². The van der Waals surface area contributed by atoms with E-state index in [1.807, 2.05) is 28.8 Å². The van der Waals surface area contributed by atoms with Crippen LogP contribution in [0.15, 0.2) is 66.3 Å². The van der Waals surface area contributed by atoms with E-state index in [9.17, 15) is 4.79 Å². The van der Waals surface area contributed by atoms with Gasteiger partial charge in [-0.05, 0) is 30.3 Å². The highest BCUT2D eigenvalue weighted by Crippen LogP contribution is 2.20. The number of nitrogens with one attached hydrogen (secondary N) is 1. The Labute approximate surface area is 181 Å². The lowest BCUT2D eigenvalue weighted by Crippen LogP contribution is -2.15. The van der Waals surface area contributed by atoms with Gasteiger partial charge in [0.05, 0.1) is 11.3 Å². The van der Waals surface area contributed by atoms with Gasteiger partial charge >= 0.3 is 0 Å². The molecule has 4 rings (SSSR count). The second-order valence-electron chi connectivity index (χ2n) is 6.38. The third kappa shape index (κ3) is 4.52. The summed E-state index contributed by atoms with van der Waals surface area (Å²) in [6, 6.07) is 14.8. The third-order valence-electron chi connectivity index (χ3n) is 4.26. The van der Waals surface area contributed by atoms with Crippen LogP contribution in [-0.4, -0.2) is 41.4 Å². The predicted octanol–water partition coefficient (Wildman–Crippen LogP) is 3.64. The average Bonchev–Trinajstić information content (AvgIpc) is 3.32. The molecular formula is C20H18ClN7OS. The number of thioether (sulfide) groups is 1. The van der Waals surface area contributed by atoms with E-state index in [4.69, 9.17) is 11.6 Å². The molecule has 0 aliphatic carbocycles. The largest absolute Gasteiger partial charge is 0.325 e. The summed E-state index contributed by atoms with van der Waals surface area (Å²) in [5, 5.41) is 21.0. The Morgan fingerprint density at radius 2 is 2.03 bits per heavy atom. The van der Waals surface area contributed by atoms with Crippen LogP contribution in [0.1, 0.15) is 5.82 Å². The number of hydrogen-bond acceptors (Lipinski definition) is 6. The minimum atomic E-state index is -0.153. The number of halogens is 1. The van der Waals surface area contributed by atoms with Crippen LogP contribution in [-0.2, 0) is 17.9 Å². The standard InChI is InChI=1S/C20H18ClN7OS/c1-2-10-27-18(12-28-17-9-4-3-8-16(17)23-26-28)24-25-20(27)30-13-19(29)22-15-7-5-6-14(21)11-15/h2-9,11H,1,10,12-13H2,(H,22,29). The molecule has 0 saturated carbocycles. The van der Waals surface area contributed by atoms with Gasteiger partial charge in [-0.15, -0.1) is 21.9 Å². The minimum Gasteiger partial charge on any atom is -0.325 e. The molecule has 0 saturated heterocycles. The first-order valence-electron chi connectivity index (χ1n) is 9.13. The SMILES string of the molecule is C=CCn1c(Cn2nnc3ccccc32)nnc1SCC(=O)Nc1cccc(Cl)c1. The van der Waals surface area contributed by atoms with E-state index in [2.05, 4.69) is 32.4 Å². The van der Waals surface area contributed by atoms with Gasteiger partial charge in [0.25, 0.3) is 0 Å². The number of anilines is 1. The van der Waals surface area contributed by atoms with Gasteiger partial charge in [0.15, 0.2) is 11.0 Å². The molecule has 0 aliphatic rings. The molecule has 1 amide bonds. The number of allylic oxidation sites excluding steroid dienone is 1. The number of fused-ring (bicyclic) bond motifs is 1. The Kier molecular flexibility index (Phi) is 6.10. The molecular weight excluding hydrogens is 422 g/mol. The average molecular weight is 440 g/mol. The molecule has 4 aromatic rings. The van der Waals surface area contributed by atoms with Gasteiger partial charge in [-0.2, -0.15) is 0 Å². The highest BCUT2D eigenvalue weighted by molar-refractivity contribution is 7.99. The van der Waals surface area contributed by atoms with Gasteiger partial charge in [0.1, 0.15) is 12.1 Å². The minimum absolute atomic E-state index is 0.153. The number of nitrogens with zero attached hydrogens (tertiary/aromatic N) is 6. The predicted molar refractivity (Wildman–Crippen MR) is 118 cm³/mol. The molecule has 0 fully saturated rings. The Bertz CT molecular complexity index is 1200. The summed E-state index contributed by atoms with van der Waals surface area (Å²) in [5.74, 6) is 0.746. The first-order chi connectivity index (χ1) is 14.6. The van der Waals surface area contributed by atoms with Crippen molar-refractivity contribution in [3.63, 3.8) is 0 Å². The molecule has 8 nitrogen and oxygen atoms in total. The van der Waals surface area contributed by atoms with E-state index >= 15 is 0 Å². The van der Waals surface area contributed by atoms with Crippen LogP contribution in [0, 0.1) is 0 Å². The number of rotatable bonds is 8. The van der Waals surface area contributed by atoms with Crippen molar-refractivity contribution in [2.75, 3.05) is 11.1 Å². The number of carbonyl (C=O) groups excluding carboxylic acids is 1. The van der Waals surface area contributed by atoms with Crippen molar-refractivity contribution in [2.24, 2.45) is 0 Å². The van der Waals surface area contributed by atoms with Crippen LogP contribution in [0.2, 0.25) is 5.02 Å². The summed E-state index contributed by atoms with van der Waals surface area (Å²) in [4.78, 5) is 12.3. The first-order valence-corrected chi connectivity index (χ1v) is 10.5. The Balaban J connectivity index is 1.47. The van der Waals surface area contributed by atoms with Gasteiger partial charge in [-0.3, -0.25) is 4.79 Å². The maximum atomic E-state index is 12.3. The van der Waals surface area contributed by atoms with E-state index in [0.717, 1.165) is 11.0 Å². The summed E-state index contributed by atoms with van der Waals surface area (Å²) in [7, 11) is 0. The van der Waals surface area contributed by atoms with Crippen LogP contribution >= 0.6 is 23.4 Å². The lowest BCUT2D eigenvalue weighted by molar-refractivity contribution is -0.113. The molecule has 0 bridgehead atoms. The molecule has 2 aromatic heterocycles. The zero-order valence-corrected chi connectivity index (χ0v) is 17.5. The number of para-hydroxylation sites is 1. The third-order valence-corrected chi connectivity index (χ3v) is 5.46. The number of carbonyl (C=O) groups is 1. The van der Waals surface area contributed by atoms with E-state index in [1.165, 1.54) is 11.8 Å². The lowest BCUT2D eigenvalue weighted by atomic mass is 10.3. The zero-order valence-electron chi connectivity index (χ0n) is 15.9. The van der Waals surface area contributed by atoms with Crippen LogP contribution < -0.4 is 5.32 Å². The number of amides is 1. The summed E-state index contributed by atoms with van der Waals surface area (Å²) in [6.45, 7) is 4.75. The van der Waals surface area contributed by atoms with Crippen LogP contribution in [0.5, 0.6) is 0 Å². The molecule has 0 aliphatic heterocycles. The fourth-order valence-corrected chi connectivity index (χ4v) is 3.87. The Hall–Kier alpha value is -3.17. The normalized spacial score (nSPS) is 11.0. The van der Waals surface area contributed by atoms with Crippen LogP contribution in [0.3, 0.4) is 0 Å². The quantitative estimate of drug-likeness (QED) is 0.333. The van der Waals surface area contributed by atoms with Crippen molar-refractivity contribution in [2.45, 2.75) is 18.2 Å². The smallest absolute Gasteiger partial charge is 0.234 e. The summed E-state index contributed by atoms with van der Waals surface area (Å²) < 4.78 is 3.69. The van der Waals surface area contributed by atoms with Crippen molar-refractivity contribution in [1.82, 2.24) is 29.8 Å². The van der Waals surface area contributed by atoms with E-state index < -0.39 is 0 Å². The number of hydrogen-bond donors (Lipinski definition) is 1. The lowest BCUT2D eigenvalue weighted by Gasteiger charge is -2.08. The fraction of sp³-hybridized carbons (Fsp3) is 0.150. The summed E-state index contributed by atoms with van der Waals surface area (Å²) >= 11 is 7.26. The second-order valence-corrected chi connectivity index (χ2v) is 7.76. The molecule has 30 heavy (non-hydrogen) atoms. The van der Waals surface area contributed by atoms with Crippen LogP contribution in [0.4, 0.5) is 5.69 Å². The topological polar surface area (TPSA) is 90.5 Å². The maximum absolute atomic E-state index is 12.3. The van der Waals surface area contributed by atoms with Crippen molar-refractivity contribution in [3.05, 3.63) is 72.0 Å². The summed E-state index contributed by atoms with van der Waals surface area (Å²) in [5.41, 5.74) is 2.39. The van der Waals surface area contributed by atoms with Gasteiger partial charge in [-0.25, -0.2) is 4.68 Å². The van der Waals surface area contributed by atoms with Crippen molar-refractivity contribution in [3.8, 4) is 0 Å². The molecule has 0 radical (unpaired) electrons. The monoisotopic (exact) mass is 439 g/mol. The van der Waals surface area contributed by atoms with Gasteiger partial charge in [0, 0.05) is 17.3 Å². The van der Waals surface area contributed by atoms with Gasteiger partial charge in [-0.1, -0.05) is 52.9 Å². The number of benzene rings is 2. The highest BCUT2D eigenvalue weighted by atomic mass is 35.5. The molecule has 0 atom stereocenters. The molecule has 0 unspecified atom stereocenters. The van der Waals surface area contributed by atoms with Gasteiger partial charge in [0.2, 0.25) is 5.91 Å². The van der Waals surface area contributed by atoms with Crippen LogP contribution in [0.25, 0.3) is 11.0 Å². The Morgan fingerprint density at radius 1 is 1.17 bits per heavy atom. The molecule has 2 heterocycles. The number of aromatic nitrogens is 6. The molecule has 0 spiro atoms. The Morgan fingerprint density at radius 3 is 2.87 bits per heavy atom. The van der Waals surface area contributed by atoms with E-state index in [1.54, 1.807) is 35.0 Å². The van der Waals surface area contributed by atoms with Crippen molar-refractivity contribution in [1.29, 1.82) is 0 Å². The highest BCUT2D eigenvalue weighted by Gasteiger charge is 2.15. The zero-order chi connectivity index (χ0) is 20.9. The molecule has 2 aromatic carbocycles.